The summed E-state index contributed by atoms with van der Waals surface area (Å²) >= 11 is 0. The molecule has 0 radical (unpaired) electrons. The van der Waals surface area contributed by atoms with Crippen LogP contribution in [0.3, 0.4) is 0 Å². The van der Waals surface area contributed by atoms with Gasteiger partial charge in [-0.05, 0) is 0 Å². The van der Waals surface area contributed by atoms with Crippen molar-refractivity contribution in [1.82, 2.24) is 0 Å². The summed E-state index contributed by atoms with van der Waals surface area (Å²) < 4.78 is 0. The van der Waals surface area contributed by atoms with E-state index in [0.717, 1.165) is 0 Å². The van der Waals surface area contributed by atoms with Crippen LogP contribution in [0.15, 0.2) is 0 Å². The minimum atomic E-state index is -2.05. The van der Waals surface area contributed by atoms with E-state index in [2.05, 4.69) is 0 Å². The Morgan fingerprint density at radius 2 is 1.25 bits per heavy atom. The maximum Gasteiger partial charge on any atom is 0.151 e. The van der Waals surface area contributed by atoms with Crippen molar-refractivity contribution in [2.45, 2.75) is 36.6 Å². The van der Waals surface area contributed by atoms with Crippen molar-refractivity contribution in [3.8, 4) is 0 Å². The molecule has 0 aromatic rings. The summed E-state index contributed by atoms with van der Waals surface area (Å²) in [6.45, 7) is -0.864. The monoisotopic (exact) mass is 240 g/mol. The highest BCUT2D eigenvalue weighted by atomic mass is 16.4. The van der Waals surface area contributed by atoms with Crippen molar-refractivity contribution in [3.05, 3.63) is 0 Å². The number of aldehydes is 1. The van der Waals surface area contributed by atoms with E-state index in [4.69, 9.17) is 25.5 Å². The molecule has 96 valence electrons. The van der Waals surface area contributed by atoms with Gasteiger partial charge in [0.1, 0.15) is 36.6 Å². The summed E-state index contributed by atoms with van der Waals surface area (Å²) in [4.78, 5) is 10.1. The molecule has 6 atom stereocenters. The summed E-state index contributed by atoms with van der Waals surface area (Å²) in [7, 11) is 0. The highest BCUT2D eigenvalue weighted by molar-refractivity contribution is 5.56. The van der Waals surface area contributed by atoms with E-state index in [1.807, 2.05) is 0 Å². The Bertz CT molecular complexity index is 210. The number of aliphatic hydroxyl groups excluding tert-OH is 7. The lowest BCUT2D eigenvalue weighted by molar-refractivity contribution is -0.159. The Kier molecular flexibility index (Phi) is 6.60. The molecule has 0 amide bonds. The number of carbonyl (C=O) groups excluding carboxylic acids is 1. The third-order valence-corrected chi connectivity index (χ3v) is 2.12. The zero-order valence-electron chi connectivity index (χ0n) is 8.29. The van der Waals surface area contributed by atoms with Gasteiger partial charge in [0.15, 0.2) is 6.29 Å². The molecule has 0 fully saturated rings. The molecule has 0 aliphatic rings. The predicted molar refractivity (Wildman–Crippen MR) is 49.2 cm³/mol. The van der Waals surface area contributed by atoms with Crippen LogP contribution in [0.4, 0.5) is 0 Å². The second-order valence-electron chi connectivity index (χ2n) is 3.34. The summed E-state index contributed by atoms with van der Waals surface area (Å²) in [6, 6.07) is 0. The van der Waals surface area contributed by atoms with E-state index < -0.39 is 43.2 Å². The van der Waals surface area contributed by atoms with Gasteiger partial charge >= 0.3 is 0 Å². The topological polar surface area (TPSA) is 159 Å². The molecule has 16 heavy (non-hydrogen) atoms. The first-order valence-corrected chi connectivity index (χ1v) is 4.51. The smallest absolute Gasteiger partial charge is 0.151 e. The SMILES string of the molecule is O=CC(O)[C@H](O)[C@H](O)[C@@H](O)[C@@H](O)[C@H](O)CO. The summed E-state index contributed by atoms with van der Waals surface area (Å²) in [6.07, 6.45) is -11.7. The van der Waals surface area contributed by atoms with Crippen molar-refractivity contribution in [3.63, 3.8) is 0 Å². The molecule has 1 unspecified atom stereocenters. The number of carbonyl (C=O) groups is 1. The largest absolute Gasteiger partial charge is 0.394 e. The van der Waals surface area contributed by atoms with Gasteiger partial charge in [-0.25, -0.2) is 0 Å². The zero-order valence-corrected chi connectivity index (χ0v) is 8.29. The molecular weight excluding hydrogens is 224 g/mol. The molecule has 0 aromatic heterocycles. The zero-order chi connectivity index (χ0) is 12.9. The van der Waals surface area contributed by atoms with Gasteiger partial charge in [-0.15, -0.1) is 0 Å². The molecule has 0 bridgehead atoms. The van der Waals surface area contributed by atoms with Gasteiger partial charge in [-0.3, -0.25) is 0 Å². The van der Waals surface area contributed by atoms with Gasteiger partial charge in [0, 0.05) is 0 Å². The maximum absolute atomic E-state index is 10.1. The van der Waals surface area contributed by atoms with Crippen LogP contribution in [0, 0.1) is 0 Å². The third-order valence-electron chi connectivity index (χ3n) is 2.12. The van der Waals surface area contributed by atoms with E-state index in [9.17, 15) is 15.0 Å². The molecule has 0 saturated heterocycles. The molecule has 8 nitrogen and oxygen atoms in total. The van der Waals surface area contributed by atoms with Crippen LogP contribution in [0.25, 0.3) is 0 Å². The Hall–Kier alpha value is -0.610. The molecule has 0 aliphatic carbocycles. The van der Waals surface area contributed by atoms with Gasteiger partial charge in [-0.2, -0.15) is 0 Å². The lowest BCUT2D eigenvalue weighted by Gasteiger charge is -2.29. The minimum Gasteiger partial charge on any atom is -0.394 e. The van der Waals surface area contributed by atoms with Gasteiger partial charge in [0.05, 0.1) is 6.61 Å². The lowest BCUT2D eigenvalue weighted by atomic mass is 9.97. The van der Waals surface area contributed by atoms with E-state index in [-0.39, 0.29) is 6.29 Å². The number of rotatable bonds is 7. The average Bonchev–Trinajstić information content (AvgIpc) is 2.32. The maximum atomic E-state index is 10.1. The van der Waals surface area contributed by atoms with Crippen LogP contribution in [0.1, 0.15) is 0 Å². The van der Waals surface area contributed by atoms with Gasteiger partial charge < -0.3 is 40.5 Å². The molecule has 0 saturated carbocycles. The second-order valence-corrected chi connectivity index (χ2v) is 3.34. The highest BCUT2D eigenvalue weighted by Crippen LogP contribution is 2.10. The Labute approximate surface area is 91.0 Å². The molecule has 0 rings (SSSR count). The summed E-state index contributed by atoms with van der Waals surface area (Å²) in [5, 5.41) is 63.0. The summed E-state index contributed by atoms with van der Waals surface area (Å²) in [5.74, 6) is 0. The van der Waals surface area contributed by atoms with E-state index >= 15 is 0 Å². The fourth-order valence-electron chi connectivity index (χ4n) is 1.02. The second kappa shape index (κ2) is 6.86. The first-order chi connectivity index (χ1) is 7.36. The fraction of sp³-hybridized carbons (Fsp3) is 0.875. The van der Waals surface area contributed by atoms with E-state index in [0.29, 0.717) is 0 Å². The molecule has 0 spiro atoms. The molecule has 0 heterocycles. The Balaban J connectivity index is 4.47. The van der Waals surface area contributed by atoms with Crippen molar-refractivity contribution in [1.29, 1.82) is 0 Å². The number of hydrogen-bond acceptors (Lipinski definition) is 8. The molecule has 0 aromatic carbocycles. The molecule has 7 N–H and O–H groups in total. The van der Waals surface area contributed by atoms with E-state index in [1.165, 1.54) is 0 Å². The average molecular weight is 240 g/mol. The van der Waals surface area contributed by atoms with Gasteiger partial charge in [-0.1, -0.05) is 0 Å². The van der Waals surface area contributed by atoms with Crippen molar-refractivity contribution >= 4 is 6.29 Å². The van der Waals surface area contributed by atoms with Crippen LogP contribution in [-0.2, 0) is 4.79 Å². The molecule has 8 heteroatoms. The highest BCUT2D eigenvalue weighted by Gasteiger charge is 2.36. The normalized spacial score (nSPS) is 22.9. The van der Waals surface area contributed by atoms with Crippen molar-refractivity contribution < 1.29 is 40.5 Å². The first-order valence-electron chi connectivity index (χ1n) is 4.51. The molecule has 0 aliphatic heterocycles. The Morgan fingerprint density at radius 3 is 1.62 bits per heavy atom. The predicted octanol–water partition coefficient (Wildman–Crippen LogP) is -4.66. The van der Waals surface area contributed by atoms with E-state index in [1.54, 1.807) is 0 Å². The third kappa shape index (κ3) is 3.76. The van der Waals surface area contributed by atoms with Crippen molar-refractivity contribution in [2.75, 3.05) is 6.61 Å². The van der Waals surface area contributed by atoms with Crippen LogP contribution in [0.2, 0.25) is 0 Å². The van der Waals surface area contributed by atoms with Crippen LogP contribution in [0.5, 0.6) is 0 Å². The minimum absolute atomic E-state index is 0.0601. The lowest BCUT2D eigenvalue weighted by Crippen LogP contribution is -2.53. The number of hydrogen-bond donors (Lipinski definition) is 7. The van der Waals surface area contributed by atoms with Crippen LogP contribution >= 0.6 is 0 Å². The van der Waals surface area contributed by atoms with Crippen LogP contribution < -0.4 is 0 Å². The van der Waals surface area contributed by atoms with Gasteiger partial charge in [0.25, 0.3) is 0 Å². The molecular formula is C8H16O8. The quantitative estimate of drug-likeness (QED) is 0.219. The standard InChI is InChI=1S/C8H16O8/c9-1-3(11)5(13)7(15)8(16)6(14)4(12)2-10/h1,3-8,10-16H,2H2/t3?,4-,5+,6+,7+,8+/m1/s1. The Morgan fingerprint density at radius 1 is 0.812 bits per heavy atom. The van der Waals surface area contributed by atoms with Crippen molar-refractivity contribution in [2.24, 2.45) is 0 Å². The summed E-state index contributed by atoms with van der Waals surface area (Å²) in [5.41, 5.74) is 0. The number of aliphatic hydroxyl groups is 7. The first kappa shape index (κ1) is 15.4. The van der Waals surface area contributed by atoms with Gasteiger partial charge in [0.2, 0.25) is 0 Å². The van der Waals surface area contributed by atoms with Crippen LogP contribution in [-0.4, -0.2) is 85.3 Å². The fourth-order valence-corrected chi connectivity index (χ4v) is 1.02.